The van der Waals surface area contributed by atoms with E-state index in [1.807, 2.05) is 44.2 Å². The van der Waals surface area contributed by atoms with Crippen LogP contribution in [0.3, 0.4) is 0 Å². The van der Waals surface area contributed by atoms with Crippen molar-refractivity contribution >= 4 is 35.3 Å². The maximum Gasteiger partial charge on any atom is 0.209 e. The number of carbonyl (C=O) groups excluding carboxylic acids is 1. The van der Waals surface area contributed by atoms with Crippen LogP contribution in [0.4, 0.5) is 5.69 Å². The third kappa shape index (κ3) is 6.81. The van der Waals surface area contributed by atoms with Gasteiger partial charge in [-0.2, -0.15) is 0 Å². The lowest BCUT2D eigenvalue weighted by atomic mass is 10.2. The SMILES string of the molecule is CCN(C=O)CC.Cc1ccc(NCc2c(Cl)cccc2Cl)cc1. The highest BCUT2D eigenvalue weighted by Crippen LogP contribution is 2.25. The van der Waals surface area contributed by atoms with Gasteiger partial charge in [0.15, 0.2) is 0 Å². The highest BCUT2D eigenvalue weighted by Gasteiger charge is 2.04. The third-order valence-corrected chi connectivity index (χ3v) is 4.25. The summed E-state index contributed by atoms with van der Waals surface area (Å²) in [5.74, 6) is 0. The Hall–Kier alpha value is -1.71. The molecule has 1 N–H and O–H groups in total. The van der Waals surface area contributed by atoms with E-state index >= 15 is 0 Å². The average Bonchev–Trinajstić information content (AvgIpc) is 2.58. The van der Waals surface area contributed by atoms with Crippen LogP contribution in [0.2, 0.25) is 10.0 Å². The van der Waals surface area contributed by atoms with Crippen LogP contribution in [-0.2, 0) is 11.3 Å². The van der Waals surface area contributed by atoms with E-state index in [1.165, 1.54) is 5.56 Å². The number of hydrogen-bond acceptors (Lipinski definition) is 2. The fourth-order valence-electron chi connectivity index (χ4n) is 1.94. The van der Waals surface area contributed by atoms with E-state index in [1.54, 1.807) is 4.90 Å². The normalized spacial score (nSPS) is 9.71. The second kappa shape index (κ2) is 11.0. The minimum atomic E-state index is 0.627. The van der Waals surface area contributed by atoms with Gasteiger partial charge in [0.25, 0.3) is 0 Å². The molecule has 0 aliphatic heterocycles. The van der Waals surface area contributed by atoms with Crippen molar-refractivity contribution in [2.24, 2.45) is 0 Å². The molecule has 0 aliphatic carbocycles. The number of carbonyl (C=O) groups is 1. The molecule has 0 fully saturated rings. The predicted molar refractivity (Wildman–Crippen MR) is 104 cm³/mol. The molecule has 0 atom stereocenters. The molecule has 0 spiro atoms. The molecule has 0 unspecified atom stereocenters. The van der Waals surface area contributed by atoms with Gasteiger partial charge < -0.3 is 10.2 Å². The molecule has 0 saturated heterocycles. The van der Waals surface area contributed by atoms with E-state index in [2.05, 4.69) is 24.4 Å². The van der Waals surface area contributed by atoms with Crippen LogP contribution in [0.25, 0.3) is 0 Å². The van der Waals surface area contributed by atoms with Crippen molar-refractivity contribution in [3.8, 4) is 0 Å². The molecule has 0 radical (unpaired) electrons. The number of benzene rings is 2. The molecule has 0 heterocycles. The fraction of sp³-hybridized carbons (Fsp3) is 0.316. The molecule has 0 aromatic heterocycles. The number of nitrogens with one attached hydrogen (secondary N) is 1. The predicted octanol–water partition coefficient (Wildman–Crippen LogP) is 5.40. The molecule has 0 bridgehead atoms. The Labute approximate surface area is 154 Å². The molecule has 2 aromatic carbocycles. The standard InChI is InChI=1S/C14H13Cl2N.C5H11NO/c1-10-5-7-11(8-6-10)17-9-12-13(15)3-2-4-14(12)16;1-3-6(4-2)5-7/h2-8,17H,9H2,1H3;5H,3-4H2,1-2H3. The minimum Gasteiger partial charge on any atom is -0.381 e. The molecule has 2 aromatic rings. The smallest absolute Gasteiger partial charge is 0.209 e. The van der Waals surface area contributed by atoms with Gasteiger partial charge in [-0.3, -0.25) is 4.79 Å². The van der Waals surface area contributed by atoms with Crippen LogP contribution in [0, 0.1) is 6.92 Å². The average molecular weight is 367 g/mol. The first-order valence-corrected chi connectivity index (χ1v) is 8.70. The zero-order valence-corrected chi connectivity index (χ0v) is 15.9. The maximum atomic E-state index is 9.89. The first-order chi connectivity index (χ1) is 11.5. The summed E-state index contributed by atoms with van der Waals surface area (Å²) >= 11 is 12.2. The number of anilines is 1. The summed E-state index contributed by atoms with van der Waals surface area (Å²) in [4.78, 5) is 11.6. The second-order valence-corrected chi connectivity index (χ2v) is 6.06. The van der Waals surface area contributed by atoms with Crippen LogP contribution in [0.15, 0.2) is 42.5 Å². The number of halogens is 2. The van der Waals surface area contributed by atoms with Crippen molar-refractivity contribution in [1.29, 1.82) is 0 Å². The molecule has 130 valence electrons. The Morgan fingerprint density at radius 1 is 1.00 bits per heavy atom. The molecule has 5 heteroatoms. The van der Waals surface area contributed by atoms with Gasteiger partial charge >= 0.3 is 0 Å². The second-order valence-electron chi connectivity index (χ2n) is 5.25. The Kier molecular flexibility index (Phi) is 9.28. The Morgan fingerprint density at radius 3 is 1.96 bits per heavy atom. The summed E-state index contributed by atoms with van der Waals surface area (Å²) < 4.78 is 0. The third-order valence-electron chi connectivity index (χ3n) is 3.54. The molecule has 2 rings (SSSR count). The van der Waals surface area contributed by atoms with E-state index in [0.717, 1.165) is 30.8 Å². The molecular formula is C19H24Cl2N2O. The van der Waals surface area contributed by atoms with Crippen LogP contribution >= 0.6 is 23.2 Å². The van der Waals surface area contributed by atoms with Crippen LogP contribution < -0.4 is 5.32 Å². The van der Waals surface area contributed by atoms with Crippen molar-refractivity contribution < 1.29 is 4.79 Å². The Bertz CT molecular complexity index is 606. The van der Waals surface area contributed by atoms with Crippen LogP contribution in [0.5, 0.6) is 0 Å². The van der Waals surface area contributed by atoms with Gasteiger partial charge in [-0.15, -0.1) is 0 Å². The minimum absolute atomic E-state index is 0.627. The van der Waals surface area contributed by atoms with Crippen LogP contribution in [0.1, 0.15) is 25.0 Å². The zero-order chi connectivity index (χ0) is 17.9. The van der Waals surface area contributed by atoms with Crippen molar-refractivity contribution in [2.75, 3.05) is 18.4 Å². The van der Waals surface area contributed by atoms with Gasteiger partial charge in [0.2, 0.25) is 6.41 Å². The molecule has 0 saturated carbocycles. The number of rotatable bonds is 6. The quantitative estimate of drug-likeness (QED) is 0.694. The lowest BCUT2D eigenvalue weighted by Crippen LogP contribution is -2.19. The monoisotopic (exact) mass is 366 g/mol. The van der Waals surface area contributed by atoms with E-state index < -0.39 is 0 Å². The van der Waals surface area contributed by atoms with Gasteiger partial charge in [0, 0.05) is 40.9 Å². The summed E-state index contributed by atoms with van der Waals surface area (Å²) in [5, 5.41) is 4.68. The maximum absolute atomic E-state index is 9.89. The largest absolute Gasteiger partial charge is 0.381 e. The van der Waals surface area contributed by atoms with E-state index in [0.29, 0.717) is 16.6 Å². The molecule has 3 nitrogen and oxygen atoms in total. The molecular weight excluding hydrogens is 343 g/mol. The van der Waals surface area contributed by atoms with Crippen molar-refractivity contribution in [1.82, 2.24) is 4.90 Å². The summed E-state index contributed by atoms with van der Waals surface area (Å²) in [6, 6.07) is 13.8. The van der Waals surface area contributed by atoms with Gasteiger partial charge in [-0.25, -0.2) is 0 Å². The highest BCUT2D eigenvalue weighted by atomic mass is 35.5. The fourth-order valence-corrected chi connectivity index (χ4v) is 2.47. The first kappa shape index (κ1) is 20.3. The number of hydrogen-bond donors (Lipinski definition) is 1. The highest BCUT2D eigenvalue weighted by molar-refractivity contribution is 6.36. The topological polar surface area (TPSA) is 32.3 Å². The number of amides is 1. The number of nitrogens with zero attached hydrogens (tertiary/aromatic N) is 1. The van der Waals surface area contributed by atoms with E-state index in [-0.39, 0.29) is 0 Å². The van der Waals surface area contributed by atoms with Gasteiger partial charge in [-0.1, -0.05) is 47.0 Å². The summed E-state index contributed by atoms with van der Waals surface area (Å²) in [7, 11) is 0. The van der Waals surface area contributed by atoms with Gasteiger partial charge in [0.1, 0.15) is 0 Å². The molecule has 24 heavy (non-hydrogen) atoms. The van der Waals surface area contributed by atoms with Gasteiger partial charge in [-0.05, 0) is 45.0 Å². The van der Waals surface area contributed by atoms with Crippen molar-refractivity contribution in [3.63, 3.8) is 0 Å². The first-order valence-electron chi connectivity index (χ1n) is 7.94. The summed E-state index contributed by atoms with van der Waals surface area (Å²) in [6.07, 6.45) is 0.861. The molecule has 0 aliphatic rings. The lowest BCUT2D eigenvalue weighted by Gasteiger charge is -2.09. The van der Waals surface area contributed by atoms with Gasteiger partial charge in [0.05, 0.1) is 0 Å². The Morgan fingerprint density at radius 2 is 1.54 bits per heavy atom. The molecule has 1 amide bonds. The lowest BCUT2D eigenvalue weighted by molar-refractivity contribution is -0.117. The zero-order valence-electron chi connectivity index (χ0n) is 14.4. The van der Waals surface area contributed by atoms with Crippen LogP contribution in [-0.4, -0.2) is 24.4 Å². The van der Waals surface area contributed by atoms with Crippen molar-refractivity contribution in [3.05, 3.63) is 63.6 Å². The van der Waals surface area contributed by atoms with E-state index in [4.69, 9.17) is 23.2 Å². The summed E-state index contributed by atoms with van der Waals surface area (Å²) in [5.41, 5.74) is 3.23. The number of aryl methyl sites for hydroxylation is 1. The Balaban J connectivity index is 0.000000351. The van der Waals surface area contributed by atoms with Crippen molar-refractivity contribution in [2.45, 2.75) is 27.3 Å². The summed E-state index contributed by atoms with van der Waals surface area (Å²) in [6.45, 7) is 8.24. The van der Waals surface area contributed by atoms with E-state index in [9.17, 15) is 4.79 Å².